The molecule has 2 radical (unpaired) electrons. The number of nitrogens with zero attached hydrogens (tertiary/aromatic N) is 1. The van der Waals surface area contributed by atoms with Gasteiger partial charge < -0.3 is 9.57 Å². The van der Waals surface area contributed by atoms with E-state index in [0.29, 0.717) is 12.4 Å². The largest absolute Gasteiger partial charge is 0.482 e. The van der Waals surface area contributed by atoms with Gasteiger partial charge in [0.15, 0.2) is 7.11 Å². The van der Waals surface area contributed by atoms with E-state index in [1.807, 2.05) is 39.0 Å². The van der Waals surface area contributed by atoms with Crippen LogP contribution in [-0.2, 0) is 4.84 Å². The molecule has 0 aliphatic rings. The lowest BCUT2D eigenvalue weighted by Gasteiger charge is -2.06. The van der Waals surface area contributed by atoms with Gasteiger partial charge >= 0.3 is 0 Å². The average molecular weight is 205 g/mol. The second kappa shape index (κ2) is 5.39. The summed E-state index contributed by atoms with van der Waals surface area (Å²) in [6.07, 6.45) is 0. The first-order valence-electron chi connectivity index (χ1n) is 4.83. The van der Waals surface area contributed by atoms with Crippen LogP contribution in [0.2, 0.25) is 0 Å². The van der Waals surface area contributed by atoms with E-state index in [1.54, 1.807) is 0 Å². The van der Waals surface area contributed by atoms with Crippen LogP contribution in [0.1, 0.15) is 25.0 Å². The van der Waals surface area contributed by atoms with Crippen LogP contribution in [0.5, 0.6) is 5.75 Å². The topological polar surface area (TPSA) is 30.8 Å². The molecule has 0 atom stereocenters. The zero-order chi connectivity index (χ0) is 11.3. The Kier molecular flexibility index (Phi) is 4.16. The van der Waals surface area contributed by atoms with Crippen molar-refractivity contribution in [1.29, 1.82) is 0 Å². The molecule has 0 aromatic heterocycles. The SMILES string of the molecule is [CH]Oc1ccc(/C(C)=N\OCC)cc1C. The molecular formula is C12H15NO2. The second-order valence-electron chi connectivity index (χ2n) is 3.19. The van der Waals surface area contributed by atoms with Gasteiger partial charge in [0.1, 0.15) is 12.4 Å². The summed E-state index contributed by atoms with van der Waals surface area (Å²) in [6, 6.07) is 5.67. The summed E-state index contributed by atoms with van der Waals surface area (Å²) in [6.45, 7) is 6.29. The normalized spacial score (nSPS) is 11.3. The molecule has 1 rings (SSSR count). The molecule has 0 amide bonds. The number of ether oxygens (including phenoxy) is 1. The van der Waals surface area contributed by atoms with Gasteiger partial charge in [-0.3, -0.25) is 0 Å². The van der Waals surface area contributed by atoms with Crippen molar-refractivity contribution in [2.24, 2.45) is 5.16 Å². The van der Waals surface area contributed by atoms with Gasteiger partial charge in [0.25, 0.3) is 0 Å². The van der Waals surface area contributed by atoms with Crippen molar-refractivity contribution in [2.45, 2.75) is 20.8 Å². The molecule has 0 unspecified atom stereocenters. The van der Waals surface area contributed by atoms with Crippen LogP contribution < -0.4 is 4.74 Å². The highest BCUT2D eigenvalue weighted by atomic mass is 16.6. The van der Waals surface area contributed by atoms with E-state index in [2.05, 4.69) is 9.89 Å². The highest BCUT2D eigenvalue weighted by molar-refractivity contribution is 5.98. The summed E-state index contributed by atoms with van der Waals surface area (Å²) in [4.78, 5) is 4.98. The van der Waals surface area contributed by atoms with Crippen molar-refractivity contribution in [3.63, 3.8) is 0 Å². The van der Waals surface area contributed by atoms with Gasteiger partial charge in [-0.05, 0) is 50.1 Å². The predicted molar refractivity (Wildman–Crippen MR) is 59.9 cm³/mol. The van der Waals surface area contributed by atoms with Gasteiger partial charge in [-0.2, -0.15) is 0 Å². The number of aryl methyl sites for hydroxylation is 1. The van der Waals surface area contributed by atoms with Crippen LogP contribution in [0.4, 0.5) is 0 Å². The number of oxime groups is 1. The summed E-state index contributed by atoms with van der Waals surface area (Å²) in [5, 5.41) is 3.95. The lowest BCUT2D eigenvalue weighted by Crippen LogP contribution is -1.97. The number of benzene rings is 1. The first-order valence-corrected chi connectivity index (χ1v) is 4.83. The molecule has 0 saturated carbocycles. The van der Waals surface area contributed by atoms with Gasteiger partial charge in [-0.15, -0.1) is 0 Å². The molecule has 0 aliphatic heterocycles. The predicted octanol–water partition coefficient (Wildman–Crippen LogP) is 2.80. The third kappa shape index (κ3) is 2.98. The van der Waals surface area contributed by atoms with Crippen LogP contribution in [-0.4, -0.2) is 12.3 Å². The lowest BCUT2D eigenvalue weighted by atomic mass is 10.1. The molecule has 0 saturated heterocycles. The highest BCUT2D eigenvalue weighted by Crippen LogP contribution is 2.19. The van der Waals surface area contributed by atoms with E-state index < -0.39 is 0 Å². The summed E-state index contributed by atoms with van der Waals surface area (Å²) in [5.74, 6) is 0.669. The number of hydrogen-bond donors (Lipinski definition) is 0. The van der Waals surface area contributed by atoms with Crippen molar-refractivity contribution in [2.75, 3.05) is 6.61 Å². The molecule has 0 fully saturated rings. The molecule has 0 N–H and O–H groups in total. The molecule has 3 heteroatoms. The van der Waals surface area contributed by atoms with E-state index in [4.69, 9.17) is 11.9 Å². The molecular weight excluding hydrogens is 190 g/mol. The van der Waals surface area contributed by atoms with E-state index >= 15 is 0 Å². The van der Waals surface area contributed by atoms with Crippen LogP contribution in [0.3, 0.4) is 0 Å². The fraction of sp³-hybridized carbons (Fsp3) is 0.333. The molecule has 0 bridgehead atoms. The van der Waals surface area contributed by atoms with Crippen LogP contribution in [0, 0.1) is 14.0 Å². The van der Waals surface area contributed by atoms with E-state index in [0.717, 1.165) is 16.8 Å². The second-order valence-corrected chi connectivity index (χ2v) is 3.19. The first-order chi connectivity index (χ1) is 7.19. The van der Waals surface area contributed by atoms with Crippen molar-refractivity contribution in [3.05, 3.63) is 36.4 Å². The highest BCUT2D eigenvalue weighted by Gasteiger charge is 2.02. The van der Waals surface area contributed by atoms with Crippen molar-refractivity contribution in [3.8, 4) is 5.75 Å². The number of hydrogen-bond acceptors (Lipinski definition) is 3. The maximum atomic E-state index is 5.10. The summed E-state index contributed by atoms with van der Waals surface area (Å²) >= 11 is 0. The number of rotatable bonds is 4. The molecule has 3 nitrogen and oxygen atoms in total. The van der Waals surface area contributed by atoms with Crippen LogP contribution in [0.25, 0.3) is 0 Å². The fourth-order valence-electron chi connectivity index (χ4n) is 1.22. The van der Waals surface area contributed by atoms with Crippen LogP contribution >= 0.6 is 0 Å². The minimum absolute atomic E-state index is 0.570. The molecule has 0 aliphatic carbocycles. The Balaban J connectivity index is 2.92. The Morgan fingerprint density at radius 1 is 1.47 bits per heavy atom. The minimum Gasteiger partial charge on any atom is -0.482 e. The van der Waals surface area contributed by atoms with Crippen molar-refractivity contribution in [1.82, 2.24) is 0 Å². The third-order valence-electron chi connectivity index (χ3n) is 2.05. The maximum Gasteiger partial charge on any atom is 0.180 e. The molecule has 1 aromatic rings. The Morgan fingerprint density at radius 3 is 2.73 bits per heavy atom. The Hall–Kier alpha value is -1.51. The van der Waals surface area contributed by atoms with E-state index in [1.165, 1.54) is 0 Å². The third-order valence-corrected chi connectivity index (χ3v) is 2.05. The van der Waals surface area contributed by atoms with E-state index in [9.17, 15) is 0 Å². The summed E-state index contributed by atoms with van der Waals surface area (Å²) in [5.41, 5.74) is 2.81. The molecule has 0 heterocycles. The molecule has 80 valence electrons. The van der Waals surface area contributed by atoms with Gasteiger partial charge in [-0.25, -0.2) is 0 Å². The minimum atomic E-state index is 0.570. The Labute approximate surface area is 90.7 Å². The van der Waals surface area contributed by atoms with Crippen LogP contribution in [0.15, 0.2) is 23.4 Å². The molecule has 1 aromatic carbocycles. The Bertz CT molecular complexity index is 359. The summed E-state index contributed by atoms with van der Waals surface area (Å²) in [7, 11) is 5.10. The van der Waals surface area contributed by atoms with Gasteiger partial charge in [-0.1, -0.05) is 5.16 Å². The van der Waals surface area contributed by atoms with E-state index in [-0.39, 0.29) is 0 Å². The van der Waals surface area contributed by atoms with Crippen molar-refractivity contribution < 1.29 is 9.57 Å². The smallest absolute Gasteiger partial charge is 0.180 e. The average Bonchev–Trinajstić information content (AvgIpc) is 2.25. The molecule has 15 heavy (non-hydrogen) atoms. The Morgan fingerprint density at radius 2 is 2.20 bits per heavy atom. The fourth-order valence-corrected chi connectivity index (χ4v) is 1.22. The van der Waals surface area contributed by atoms with Crippen molar-refractivity contribution >= 4 is 5.71 Å². The maximum absolute atomic E-state index is 5.10. The van der Waals surface area contributed by atoms with Gasteiger partial charge in [0, 0.05) is 0 Å². The zero-order valence-electron chi connectivity index (χ0n) is 9.28. The lowest BCUT2D eigenvalue weighted by molar-refractivity contribution is 0.159. The zero-order valence-corrected chi connectivity index (χ0v) is 9.28. The van der Waals surface area contributed by atoms with Gasteiger partial charge in [0.2, 0.25) is 0 Å². The van der Waals surface area contributed by atoms with Gasteiger partial charge in [0.05, 0.1) is 5.71 Å². The molecule has 0 spiro atoms. The quantitative estimate of drug-likeness (QED) is 0.559. The standard InChI is InChI=1S/C12H15NO2/c1-5-15-13-10(3)11-6-7-12(14-4)9(2)8-11/h4,6-8H,5H2,1-3H3/b13-10-. The summed E-state index contributed by atoms with van der Waals surface area (Å²) < 4.78 is 4.69. The monoisotopic (exact) mass is 205 g/mol. The first kappa shape index (κ1) is 11.6.